The van der Waals surface area contributed by atoms with Gasteiger partial charge in [-0.1, -0.05) is 0 Å². The number of carbonyl (C=O) groups excluding carboxylic acids is 1. The van der Waals surface area contributed by atoms with E-state index in [2.05, 4.69) is 0 Å². The molecule has 4 nitrogen and oxygen atoms in total. The van der Waals surface area contributed by atoms with Crippen LogP contribution in [0.5, 0.6) is 0 Å². The molecule has 1 rings (SSSR count). The number of hydrogen-bond donors (Lipinski definition) is 0. The van der Waals surface area contributed by atoms with Crippen molar-refractivity contribution >= 4 is 6.47 Å². The molecule has 0 aromatic carbocycles. The Kier molecular flexibility index (Phi) is 3.32. The molecule has 0 spiro atoms. The highest BCUT2D eigenvalue weighted by Crippen LogP contribution is 2.07. The molecular formula is C7H12O4. The second-order valence-corrected chi connectivity index (χ2v) is 2.42. The summed E-state index contributed by atoms with van der Waals surface area (Å²) in [5.74, 6) is 0. The minimum absolute atomic E-state index is 0.103. The van der Waals surface area contributed by atoms with E-state index >= 15 is 0 Å². The molecule has 11 heavy (non-hydrogen) atoms. The lowest BCUT2D eigenvalue weighted by Crippen LogP contribution is -2.38. The van der Waals surface area contributed by atoms with Crippen molar-refractivity contribution < 1.29 is 19.0 Å². The van der Waals surface area contributed by atoms with Crippen molar-refractivity contribution in [2.45, 2.75) is 19.1 Å². The first-order chi connectivity index (χ1) is 5.34. The Morgan fingerprint density at radius 1 is 1.64 bits per heavy atom. The minimum Gasteiger partial charge on any atom is -0.462 e. The highest BCUT2D eigenvalue weighted by molar-refractivity contribution is 5.37. The maximum absolute atomic E-state index is 9.94. The SMILES string of the molecule is CC(OC=O)C1COCCO1. The fraction of sp³-hybridized carbons (Fsp3) is 0.857. The molecule has 0 amide bonds. The predicted molar refractivity (Wildman–Crippen MR) is 37.2 cm³/mol. The maximum atomic E-state index is 9.94. The molecule has 0 bridgehead atoms. The summed E-state index contributed by atoms with van der Waals surface area (Å²) < 4.78 is 15.1. The zero-order valence-electron chi connectivity index (χ0n) is 6.49. The van der Waals surface area contributed by atoms with Gasteiger partial charge < -0.3 is 14.2 Å². The topological polar surface area (TPSA) is 44.8 Å². The molecule has 1 saturated heterocycles. The normalized spacial score (nSPS) is 27.5. The number of ether oxygens (including phenoxy) is 3. The first-order valence-electron chi connectivity index (χ1n) is 3.63. The van der Waals surface area contributed by atoms with Crippen molar-refractivity contribution in [3.8, 4) is 0 Å². The summed E-state index contributed by atoms with van der Waals surface area (Å²) in [6, 6.07) is 0. The van der Waals surface area contributed by atoms with Crippen molar-refractivity contribution in [2.75, 3.05) is 19.8 Å². The van der Waals surface area contributed by atoms with Crippen LogP contribution in [-0.2, 0) is 19.0 Å². The van der Waals surface area contributed by atoms with Crippen molar-refractivity contribution in [3.05, 3.63) is 0 Å². The lowest BCUT2D eigenvalue weighted by Gasteiger charge is -2.26. The van der Waals surface area contributed by atoms with Gasteiger partial charge in [0.25, 0.3) is 6.47 Å². The minimum atomic E-state index is -0.215. The molecule has 4 heteroatoms. The van der Waals surface area contributed by atoms with Gasteiger partial charge in [-0.3, -0.25) is 4.79 Å². The highest BCUT2D eigenvalue weighted by Gasteiger charge is 2.21. The average molecular weight is 160 g/mol. The maximum Gasteiger partial charge on any atom is 0.293 e. The fourth-order valence-electron chi connectivity index (χ4n) is 0.952. The number of rotatable bonds is 3. The van der Waals surface area contributed by atoms with Gasteiger partial charge >= 0.3 is 0 Å². The molecule has 0 N–H and O–H groups in total. The summed E-state index contributed by atoms with van der Waals surface area (Å²) >= 11 is 0. The van der Waals surface area contributed by atoms with Crippen molar-refractivity contribution in [1.82, 2.24) is 0 Å². The summed E-state index contributed by atoms with van der Waals surface area (Å²) in [7, 11) is 0. The first-order valence-corrected chi connectivity index (χ1v) is 3.63. The molecule has 64 valence electrons. The molecule has 0 aliphatic carbocycles. The zero-order valence-corrected chi connectivity index (χ0v) is 6.49. The largest absolute Gasteiger partial charge is 0.462 e. The summed E-state index contributed by atoms with van der Waals surface area (Å²) in [6.07, 6.45) is -0.318. The van der Waals surface area contributed by atoms with Crippen LogP contribution in [0.15, 0.2) is 0 Å². The van der Waals surface area contributed by atoms with E-state index in [1.807, 2.05) is 0 Å². The predicted octanol–water partition coefficient (Wildman–Crippen LogP) is -0.0367. The van der Waals surface area contributed by atoms with Gasteiger partial charge in [-0.15, -0.1) is 0 Å². The Bertz CT molecular complexity index is 120. The Hall–Kier alpha value is -0.610. The number of carbonyl (C=O) groups is 1. The van der Waals surface area contributed by atoms with Crippen LogP contribution < -0.4 is 0 Å². The third kappa shape index (κ3) is 2.48. The lowest BCUT2D eigenvalue weighted by atomic mass is 10.2. The van der Waals surface area contributed by atoms with Gasteiger partial charge in [-0.05, 0) is 6.92 Å². The third-order valence-corrected chi connectivity index (χ3v) is 1.64. The summed E-state index contributed by atoms with van der Waals surface area (Å²) in [6.45, 7) is 3.94. The van der Waals surface area contributed by atoms with E-state index in [9.17, 15) is 4.79 Å². The van der Waals surface area contributed by atoms with E-state index in [1.165, 1.54) is 0 Å². The van der Waals surface area contributed by atoms with Crippen LogP contribution in [0.3, 0.4) is 0 Å². The molecule has 1 fully saturated rings. The fourth-order valence-corrected chi connectivity index (χ4v) is 0.952. The van der Waals surface area contributed by atoms with Crippen molar-refractivity contribution in [2.24, 2.45) is 0 Å². The van der Waals surface area contributed by atoms with E-state index in [-0.39, 0.29) is 12.2 Å². The number of hydrogen-bond acceptors (Lipinski definition) is 4. The summed E-state index contributed by atoms with van der Waals surface area (Å²) in [5.41, 5.74) is 0. The van der Waals surface area contributed by atoms with Crippen LogP contribution in [0.1, 0.15) is 6.92 Å². The lowest BCUT2D eigenvalue weighted by molar-refractivity contribution is -0.157. The quantitative estimate of drug-likeness (QED) is 0.543. The standard InChI is InChI=1S/C7H12O4/c1-6(11-5-8)7-4-9-2-3-10-7/h5-7H,2-4H2,1H3. The Morgan fingerprint density at radius 2 is 2.45 bits per heavy atom. The zero-order chi connectivity index (χ0) is 8.10. The van der Waals surface area contributed by atoms with Gasteiger partial charge in [-0.2, -0.15) is 0 Å². The highest BCUT2D eigenvalue weighted by atomic mass is 16.6. The van der Waals surface area contributed by atoms with Gasteiger partial charge in [0.1, 0.15) is 12.2 Å². The van der Waals surface area contributed by atoms with Gasteiger partial charge in [0.2, 0.25) is 0 Å². The molecule has 2 atom stereocenters. The molecular weight excluding hydrogens is 148 g/mol. The van der Waals surface area contributed by atoms with Gasteiger partial charge in [0.05, 0.1) is 19.8 Å². The third-order valence-electron chi connectivity index (χ3n) is 1.64. The van der Waals surface area contributed by atoms with Gasteiger partial charge in [-0.25, -0.2) is 0 Å². The second-order valence-electron chi connectivity index (χ2n) is 2.42. The van der Waals surface area contributed by atoms with Crippen LogP contribution >= 0.6 is 0 Å². The summed E-state index contributed by atoms with van der Waals surface area (Å²) in [4.78, 5) is 9.94. The molecule has 0 aromatic heterocycles. The average Bonchev–Trinajstić information content (AvgIpc) is 2.07. The van der Waals surface area contributed by atoms with Crippen LogP contribution in [0, 0.1) is 0 Å². The smallest absolute Gasteiger partial charge is 0.293 e. The Balaban J connectivity index is 2.26. The van der Waals surface area contributed by atoms with Crippen molar-refractivity contribution in [1.29, 1.82) is 0 Å². The van der Waals surface area contributed by atoms with Crippen LogP contribution in [-0.4, -0.2) is 38.5 Å². The molecule has 0 saturated carbocycles. The molecule has 1 aliphatic rings. The molecule has 0 radical (unpaired) electrons. The van der Waals surface area contributed by atoms with Crippen LogP contribution in [0.2, 0.25) is 0 Å². The van der Waals surface area contributed by atoms with Crippen LogP contribution in [0.25, 0.3) is 0 Å². The van der Waals surface area contributed by atoms with E-state index in [4.69, 9.17) is 14.2 Å². The Labute approximate surface area is 65.4 Å². The van der Waals surface area contributed by atoms with E-state index < -0.39 is 0 Å². The first kappa shape index (κ1) is 8.49. The monoisotopic (exact) mass is 160 g/mol. The van der Waals surface area contributed by atoms with Gasteiger partial charge in [0, 0.05) is 0 Å². The molecule has 2 unspecified atom stereocenters. The second kappa shape index (κ2) is 4.31. The van der Waals surface area contributed by atoms with Crippen molar-refractivity contribution in [3.63, 3.8) is 0 Å². The van der Waals surface area contributed by atoms with Crippen LogP contribution in [0.4, 0.5) is 0 Å². The summed E-state index contributed by atoms with van der Waals surface area (Å²) in [5, 5.41) is 0. The Morgan fingerprint density at radius 3 is 3.00 bits per heavy atom. The van der Waals surface area contributed by atoms with E-state index in [0.29, 0.717) is 26.3 Å². The van der Waals surface area contributed by atoms with E-state index in [0.717, 1.165) is 0 Å². The molecule has 1 aliphatic heterocycles. The van der Waals surface area contributed by atoms with E-state index in [1.54, 1.807) is 6.92 Å². The molecule has 1 heterocycles. The molecule has 0 aromatic rings. The van der Waals surface area contributed by atoms with Gasteiger partial charge in [0.15, 0.2) is 0 Å².